The van der Waals surface area contributed by atoms with Gasteiger partial charge in [0.2, 0.25) is 0 Å². The molecule has 1 amide bonds. The number of hydrogen-bond acceptors (Lipinski definition) is 3. The van der Waals surface area contributed by atoms with Crippen LogP contribution in [0.15, 0.2) is 12.1 Å². The summed E-state index contributed by atoms with van der Waals surface area (Å²) in [6.45, 7) is 5.19. The smallest absolute Gasteiger partial charge is 0.408 e. The quantitative estimate of drug-likeness (QED) is 0.854. The monoisotopic (exact) mass is 297 g/mol. The van der Waals surface area contributed by atoms with Crippen LogP contribution >= 0.6 is 0 Å². The highest BCUT2D eigenvalue weighted by Gasteiger charge is 2.15. The first kappa shape index (κ1) is 16.8. The van der Waals surface area contributed by atoms with Gasteiger partial charge in [-0.15, -0.1) is 0 Å². The molecule has 0 aromatic heterocycles. The molecule has 6 heteroatoms. The largest absolute Gasteiger partial charge is 0.492 e. The topological polar surface area (TPSA) is 47.6 Å². The van der Waals surface area contributed by atoms with Gasteiger partial charge in [0.05, 0.1) is 19.2 Å². The number of alkyl carbamates (subject to hydrolysis) is 1. The number of carbonyl (C=O) groups excluding carboxylic acids is 1. The van der Waals surface area contributed by atoms with E-state index < -0.39 is 23.3 Å². The van der Waals surface area contributed by atoms with Gasteiger partial charge in [-0.3, -0.25) is 0 Å². The van der Waals surface area contributed by atoms with Crippen molar-refractivity contribution in [2.45, 2.75) is 26.4 Å². The van der Waals surface area contributed by atoms with Crippen LogP contribution in [-0.4, -0.2) is 25.3 Å². The highest BCUT2D eigenvalue weighted by molar-refractivity contribution is 5.68. The summed E-state index contributed by atoms with van der Waals surface area (Å²) >= 11 is 0. The minimum Gasteiger partial charge on any atom is -0.492 e. The van der Waals surface area contributed by atoms with Crippen LogP contribution in [0.4, 0.5) is 13.6 Å². The fourth-order valence-corrected chi connectivity index (χ4v) is 1.43. The van der Waals surface area contributed by atoms with Crippen LogP contribution in [0.2, 0.25) is 0 Å². The minimum atomic E-state index is -0.832. The number of rotatable bonds is 2. The molecule has 0 atom stereocenters. The molecule has 0 heterocycles. The van der Waals surface area contributed by atoms with Crippen LogP contribution in [0.1, 0.15) is 26.3 Å². The molecule has 0 radical (unpaired) electrons. The normalized spacial score (nSPS) is 10.4. The molecule has 0 aliphatic heterocycles. The predicted octanol–water partition coefficient (Wildman–Crippen LogP) is 2.85. The highest BCUT2D eigenvalue weighted by atomic mass is 19.1. The van der Waals surface area contributed by atoms with Crippen molar-refractivity contribution in [3.05, 3.63) is 29.3 Å². The van der Waals surface area contributed by atoms with Gasteiger partial charge in [-0.25, -0.2) is 13.6 Å². The van der Waals surface area contributed by atoms with Gasteiger partial charge < -0.3 is 14.8 Å². The Morgan fingerprint density at radius 3 is 2.57 bits per heavy atom. The Morgan fingerprint density at radius 1 is 1.33 bits per heavy atom. The summed E-state index contributed by atoms with van der Waals surface area (Å²) in [6, 6.07) is 1.77. The van der Waals surface area contributed by atoms with E-state index in [-0.39, 0.29) is 17.9 Å². The van der Waals surface area contributed by atoms with Crippen molar-refractivity contribution in [3.63, 3.8) is 0 Å². The maximum absolute atomic E-state index is 13.4. The molecular formula is C15H17F2NO3. The van der Waals surface area contributed by atoms with Crippen LogP contribution < -0.4 is 10.1 Å². The zero-order valence-corrected chi connectivity index (χ0v) is 12.3. The molecule has 0 fully saturated rings. The standard InChI is InChI=1S/C15H17F2NO3/c1-15(2,3)21-14(19)18-7-5-6-10-8-11(16)9-12(17)13(10)20-4/h8-9H,7H2,1-4H3,(H,18,19). The minimum absolute atomic E-state index is 0.0177. The lowest BCUT2D eigenvalue weighted by Gasteiger charge is -2.19. The SMILES string of the molecule is COc1c(F)cc(F)cc1C#CCNC(=O)OC(C)(C)C. The van der Waals surface area contributed by atoms with Crippen molar-refractivity contribution < 1.29 is 23.0 Å². The summed E-state index contributed by atoms with van der Waals surface area (Å²) in [5.41, 5.74) is -0.534. The molecule has 1 rings (SSSR count). The van der Waals surface area contributed by atoms with E-state index in [2.05, 4.69) is 17.2 Å². The highest BCUT2D eigenvalue weighted by Crippen LogP contribution is 2.22. The van der Waals surface area contributed by atoms with Crippen LogP contribution in [0.25, 0.3) is 0 Å². The van der Waals surface area contributed by atoms with Crippen molar-refractivity contribution in [1.82, 2.24) is 5.32 Å². The van der Waals surface area contributed by atoms with Crippen molar-refractivity contribution in [1.29, 1.82) is 0 Å². The average Bonchev–Trinajstić information content (AvgIpc) is 2.32. The number of amides is 1. The lowest BCUT2D eigenvalue weighted by Crippen LogP contribution is -2.32. The molecule has 21 heavy (non-hydrogen) atoms. The Morgan fingerprint density at radius 2 is 2.00 bits per heavy atom. The number of ether oxygens (including phenoxy) is 2. The van der Waals surface area contributed by atoms with Crippen LogP contribution in [0.3, 0.4) is 0 Å². The lowest BCUT2D eigenvalue weighted by molar-refractivity contribution is 0.0535. The summed E-state index contributed by atoms with van der Waals surface area (Å²) < 4.78 is 36.4. The van der Waals surface area contributed by atoms with E-state index in [4.69, 9.17) is 9.47 Å². The molecule has 1 aromatic carbocycles. The third-order valence-corrected chi connectivity index (χ3v) is 2.16. The summed E-state index contributed by atoms with van der Waals surface area (Å²) in [6.07, 6.45) is -0.616. The molecular weight excluding hydrogens is 280 g/mol. The second-order valence-electron chi connectivity index (χ2n) is 5.13. The number of methoxy groups -OCH3 is 1. The van der Waals surface area contributed by atoms with Crippen LogP contribution in [-0.2, 0) is 4.74 Å². The number of benzene rings is 1. The number of nitrogens with one attached hydrogen (secondary N) is 1. The van der Waals surface area contributed by atoms with Gasteiger partial charge in [-0.05, 0) is 26.8 Å². The van der Waals surface area contributed by atoms with Gasteiger partial charge in [0.25, 0.3) is 0 Å². The average molecular weight is 297 g/mol. The summed E-state index contributed by atoms with van der Waals surface area (Å²) in [7, 11) is 1.26. The number of carbonyl (C=O) groups is 1. The Balaban J connectivity index is 2.70. The molecule has 0 saturated heterocycles. The van der Waals surface area contributed by atoms with E-state index >= 15 is 0 Å². The third kappa shape index (κ3) is 5.69. The molecule has 0 saturated carbocycles. The van der Waals surface area contributed by atoms with Crippen LogP contribution in [0, 0.1) is 23.5 Å². The van der Waals surface area contributed by atoms with Crippen molar-refractivity contribution >= 4 is 6.09 Å². The number of hydrogen-bond donors (Lipinski definition) is 1. The Labute approximate surface area is 122 Å². The summed E-state index contributed by atoms with van der Waals surface area (Å²) in [5, 5.41) is 2.41. The van der Waals surface area contributed by atoms with Gasteiger partial charge in [0.1, 0.15) is 11.4 Å². The predicted molar refractivity (Wildman–Crippen MR) is 74.0 cm³/mol. The maximum atomic E-state index is 13.4. The summed E-state index contributed by atoms with van der Waals surface area (Å²) in [5.74, 6) is 3.39. The van der Waals surface area contributed by atoms with E-state index in [1.54, 1.807) is 20.8 Å². The maximum Gasteiger partial charge on any atom is 0.408 e. The first-order valence-electron chi connectivity index (χ1n) is 6.21. The Bertz CT molecular complexity index is 583. The fraction of sp³-hybridized carbons (Fsp3) is 0.400. The zero-order valence-electron chi connectivity index (χ0n) is 12.3. The van der Waals surface area contributed by atoms with E-state index in [1.807, 2.05) is 0 Å². The molecule has 0 bridgehead atoms. The molecule has 4 nitrogen and oxygen atoms in total. The van der Waals surface area contributed by atoms with Crippen molar-refractivity contribution in [2.24, 2.45) is 0 Å². The van der Waals surface area contributed by atoms with E-state index in [9.17, 15) is 13.6 Å². The third-order valence-electron chi connectivity index (χ3n) is 2.16. The second-order valence-corrected chi connectivity index (χ2v) is 5.13. The fourth-order valence-electron chi connectivity index (χ4n) is 1.43. The molecule has 0 aliphatic rings. The van der Waals surface area contributed by atoms with Gasteiger partial charge in [-0.1, -0.05) is 11.8 Å². The Hall–Kier alpha value is -2.29. The van der Waals surface area contributed by atoms with Gasteiger partial charge in [0.15, 0.2) is 11.6 Å². The van der Waals surface area contributed by atoms with Crippen molar-refractivity contribution in [3.8, 4) is 17.6 Å². The van der Waals surface area contributed by atoms with Crippen molar-refractivity contribution in [2.75, 3.05) is 13.7 Å². The van der Waals surface area contributed by atoms with Gasteiger partial charge in [-0.2, -0.15) is 0 Å². The molecule has 1 aromatic rings. The van der Waals surface area contributed by atoms with Crippen LogP contribution in [0.5, 0.6) is 5.75 Å². The lowest BCUT2D eigenvalue weighted by atomic mass is 10.2. The molecule has 0 spiro atoms. The first-order valence-corrected chi connectivity index (χ1v) is 6.21. The molecule has 114 valence electrons. The zero-order chi connectivity index (χ0) is 16.0. The molecule has 0 aliphatic carbocycles. The number of halogens is 2. The van der Waals surface area contributed by atoms with E-state index in [0.29, 0.717) is 6.07 Å². The first-order chi connectivity index (χ1) is 9.73. The second kappa shape index (κ2) is 6.93. The molecule has 1 N–H and O–H groups in total. The van der Waals surface area contributed by atoms with E-state index in [0.717, 1.165) is 6.07 Å². The van der Waals surface area contributed by atoms with E-state index in [1.165, 1.54) is 7.11 Å². The molecule has 0 unspecified atom stereocenters. The van der Waals surface area contributed by atoms with Gasteiger partial charge in [0, 0.05) is 6.07 Å². The summed E-state index contributed by atoms with van der Waals surface area (Å²) in [4.78, 5) is 11.4. The van der Waals surface area contributed by atoms with Gasteiger partial charge >= 0.3 is 6.09 Å². The Kier molecular flexibility index (Phi) is 5.53.